The summed E-state index contributed by atoms with van der Waals surface area (Å²) >= 11 is 0. The van der Waals surface area contributed by atoms with Crippen LogP contribution >= 0.6 is 0 Å². The Bertz CT molecular complexity index is 219. The van der Waals surface area contributed by atoms with Crippen LogP contribution in [0.4, 0.5) is 0 Å². The topological polar surface area (TPSA) is 35.5 Å². The van der Waals surface area contributed by atoms with Crippen molar-refractivity contribution in [3.05, 3.63) is 0 Å². The third kappa shape index (κ3) is 6.17. The van der Waals surface area contributed by atoms with Gasteiger partial charge in [0.2, 0.25) is 0 Å². The highest BCUT2D eigenvalue weighted by Gasteiger charge is 2.22. The van der Waals surface area contributed by atoms with Crippen LogP contribution in [-0.2, 0) is 0 Å². The van der Waals surface area contributed by atoms with Crippen molar-refractivity contribution in [3.63, 3.8) is 0 Å². The Hall–Kier alpha value is -0.120. The zero-order chi connectivity index (χ0) is 13.4. The fourth-order valence-electron chi connectivity index (χ4n) is 2.89. The van der Waals surface area contributed by atoms with Gasteiger partial charge in [-0.25, -0.2) is 0 Å². The second kappa shape index (κ2) is 8.13. The largest absolute Gasteiger partial charge is 0.389 e. The lowest BCUT2D eigenvalue weighted by molar-refractivity contribution is 0.0466. The molecule has 1 aliphatic heterocycles. The van der Waals surface area contributed by atoms with E-state index in [1.165, 1.54) is 45.3 Å². The molecule has 18 heavy (non-hydrogen) atoms. The van der Waals surface area contributed by atoms with Gasteiger partial charge in [0, 0.05) is 12.6 Å². The molecule has 0 amide bonds. The van der Waals surface area contributed by atoms with Gasteiger partial charge >= 0.3 is 0 Å². The van der Waals surface area contributed by atoms with Gasteiger partial charge in [0.1, 0.15) is 0 Å². The zero-order valence-corrected chi connectivity index (χ0v) is 12.5. The maximum Gasteiger partial charge on any atom is 0.0743 e. The molecule has 2 unspecified atom stereocenters. The van der Waals surface area contributed by atoms with Crippen LogP contribution in [0.2, 0.25) is 0 Å². The molecule has 3 nitrogen and oxygen atoms in total. The van der Waals surface area contributed by atoms with Crippen LogP contribution in [0.15, 0.2) is 0 Å². The van der Waals surface area contributed by atoms with Crippen LogP contribution in [0.25, 0.3) is 0 Å². The van der Waals surface area contributed by atoms with Gasteiger partial charge < -0.3 is 15.3 Å². The van der Waals surface area contributed by atoms with Crippen molar-refractivity contribution in [1.82, 2.24) is 10.2 Å². The van der Waals surface area contributed by atoms with E-state index < -0.39 is 5.60 Å². The Morgan fingerprint density at radius 2 is 2.00 bits per heavy atom. The van der Waals surface area contributed by atoms with Gasteiger partial charge in [0.05, 0.1) is 5.60 Å². The Morgan fingerprint density at radius 3 is 2.67 bits per heavy atom. The smallest absolute Gasteiger partial charge is 0.0743 e. The highest BCUT2D eigenvalue weighted by Crippen LogP contribution is 2.14. The number of nitrogens with one attached hydrogen (secondary N) is 1. The average Bonchev–Trinajstić information content (AvgIpc) is 2.53. The highest BCUT2D eigenvalue weighted by molar-refractivity contribution is 4.80. The van der Waals surface area contributed by atoms with E-state index in [1.807, 2.05) is 6.92 Å². The summed E-state index contributed by atoms with van der Waals surface area (Å²) < 4.78 is 0. The minimum absolute atomic E-state index is 0.538. The number of hydrogen-bond acceptors (Lipinski definition) is 3. The first-order chi connectivity index (χ1) is 8.57. The van der Waals surface area contributed by atoms with Crippen LogP contribution in [0.5, 0.6) is 0 Å². The summed E-state index contributed by atoms with van der Waals surface area (Å²) in [5, 5.41) is 13.8. The van der Waals surface area contributed by atoms with E-state index >= 15 is 0 Å². The van der Waals surface area contributed by atoms with Gasteiger partial charge in [-0.3, -0.25) is 0 Å². The van der Waals surface area contributed by atoms with Gasteiger partial charge in [0.15, 0.2) is 0 Å². The lowest BCUT2D eigenvalue weighted by Gasteiger charge is -2.26. The summed E-state index contributed by atoms with van der Waals surface area (Å²) in [5.41, 5.74) is -0.538. The van der Waals surface area contributed by atoms with Crippen molar-refractivity contribution < 1.29 is 5.11 Å². The molecule has 0 radical (unpaired) electrons. The normalized spacial score (nSPS) is 25.7. The molecular formula is C15H32N2O. The molecule has 1 aliphatic rings. The van der Waals surface area contributed by atoms with Crippen LogP contribution in [0, 0.1) is 0 Å². The molecule has 0 aromatic heterocycles. The number of rotatable bonds is 7. The van der Waals surface area contributed by atoms with Crippen molar-refractivity contribution in [2.45, 2.75) is 70.9 Å². The standard InChI is InChI=1S/C15H32N2O/c1-4-9-15(3,18)13-16-14-7-6-11-17(10-5-2)12-8-14/h14,16,18H,4-13H2,1-3H3. The first-order valence-corrected chi connectivity index (χ1v) is 7.75. The average molecular weight is 256 g/mol. The molecule has 0 saturated carbocycles. The maximum atomic E-state index is 10.2. The summed E-state index contributed by atoms with van der Waals surface area (Å²) in [6.07, 6.45) is 6.94. The number of aliphatic hydroxyl groups is 1. The third-order valence-electron chi connectivity index (χ3n) is 3.92. The Labute approximate surface area is 113 Å². The van der Waals surface area contributed by atoms with Gasteiger partial charge in [-0.2, -0.15) is 0 Å². The molecule has 1 fully saturated rings. The molecule has 1 saturated heterocycles. The minimum Gasteiger partial charge on any atom is -0.389 e. The molecule has 1 rings (SSSR count). The van der Waals surface area contributed by atoms with Crippen molar-refractivity contribution in [3.8, 4) is 0 Å². The van der Waals surface area contributed by atoms with E-state index in [-0.39, 0.29) is 0 Å². The molecule has 0 aromatic rings. The summed E-state index contributed by atoms with van der Waals surface area (Å²) in [7, 11) is 0. The Kier molecular flexibility index (Phi) is 7.20. The molecular weight excluding hydrogens is 224 g/mol. The van der Waals surface area contributed by atoms with Gasteiger partial charge in [-0.15, -0.1) is 0 Å². The lowest BCUT2D eigenvalue weighted by Crippen LogP contribution is -2.42. The Morgan fingerprint density at radius 1 is 1.22 bits per heavy atom. The molecule has 0 aliphatic carbocycles. The zero-order valence-electron chi connectivity index (χ0n) is 12.5. The van der Waals surface area contributed by atoms with Gasteiger partial charge in [0.25, 0.3) is 0 Å². The second-order valence-corrected chi connectivity index (χ2v) is 6.10. The summed E-state index contributed by atoms with van der Waals surface area (Å²) in [6, 6.07) is 0.593. The molecule has 108 valence electrons. The highest BCUT2D eigenvalue weighted by atomic mass is 16.3. The predicted octanol–water partition coefficient (Wildman–Crippen LogP) is 2.39. The molecule has 0 aromatic carbocycles. The van der Waals surface area contributed by atoms with E-state index in [1.54, 1.807) is 0 Å². The van der Waals surface area contributed by atoms with Crippen LogP contribution < -0.4 is 5.32 Å². The molecule has 1 heterocycles. The molecule has 0 spiro atoms. The van der Waals surface area contributed by atoms with Crippen molar-refractivity contribution >= 4 is 0 Å². The van der Waals surface area contributed by atoms with E-state index in [0.717, 1.165) is 19.4 Å². The predicted molar refractivity (Wildman–Crippen MR) is 77.9 cm³/mol. The van der Waals surface area contributed by atoms with Gasteiger partial charge in [-0.1, -0.05) is 20.3 Å². The van der Waals surface area contributed by atoms with E-state index in [2.05, 4.69) is 24.1 Å². The van der Waals surface area contributed by atoms with Crippen molar-refractivity contribution in [2.24, 2.45) is 0 Å². The monoisotopic (exact) mass is 256 g/mol. The van der Waals surface area contributed by atoms with Crippen LogP contribution in [0.1, 0.15) is 59.3 Å². The van der Waals surface area contributed by atoms with Gasteiger partial charge in [-0.05, 0) is 58.7 Å². The second-order valence-electron chi connectivity index (χ2n) is 6.10. The third-order valence-corrected chi connectivity index (χ3v) is 3.92. The maximum absolute atomic E-state index is 10.2. The fraction of sp³-hybridized carbons (Fsp3) is 1.00. The first kappa shape index (κ1) is 15.9. The number of hydrogen-bond donors (Lipinski definition) is 2. The molecule has 0 bridgehead atoms. The van der Waals surface area contributed by atoms with E-state index in [4.69, 9.17) is 0 Å². The molecule has 2 atom stereocenters. The van der Waals surface area contributed by atoms with E-state index in [0.29, 0.717) is 6.04 Å². The minimum atomic E-state index is -0.538. The van der Waals surface area contributed by atoms with Crippen molar-refractivity contribution in [2.75, 3.05) is 26.2 Å². The van der Waals surface area contributed by atoms with Crippen LogP contribution in [0.3, 0.4) is 0 Å². The number of likely N-dealkylation sites (tertiary alicyclic amines) is 1. The SMILES string of the molecule is CCCN1CCCC(NCC(C)(O)CCC)CC1. The molecule has 2 N–H and O–H groups in total. The summed E-state index contributed by atoms with van der Waals surface area (Å²) in [5.74, 6) is 0. The number of nitrogens with zero attached hydrogens (tertiary/aromatic N) is 1. The first-order valence-electron chi connectivity index (χ1n) is 7.75. The molecule has 3 heteroatoms. The van der Waals surface area contributed by atoms with Crippen molar-refractivity contribution in [1.29, 1.82) is 0 Å². The van der Waals surface area contributed by atoms with Crippen LogP contribution in [-0.4, -0.2) is 47.8 Å². The fourth-order valence-corrected chi connectivity index (χ4v) is 2.89. The Balaban J connectivity index is 2.27. The summed E-state index contributed by atoms with van der Waals surface area (Å²) in [6.45, 7) is 10.8. The summed E-state index contributed by atoms with van der Waals surface area (Å²) in [4.78, 5) is 2.58. The lowest BCUT2D eigenvalue weighted by atomic mass is 9.99. The quantitative estimate of drug-likeness (QED) is 0.734. The van der Waals surface area contributed by atoms with E-state index in [9.17, 15) is 5.11 Å².